The summed E-state index contributed by atoms with van der Waals surface area (Å²) >= 11 is 6.77. The molecule has 1 unspecified atom stereocenters. The van der Waals surface area contributed by atoms with Crippen LogP contribution in [0.3, 0.4) is 0 Å². The van der Waals surface area contributed by atoms with Gasteiger partial charge < -0.3 is 19.7 Å². The van der Waals surface area contributed by atoms with Crippen molar-refractivity contribution in [3.8, 4) is 0 Å². The van der Waals surface area contributed by atoms with Crippen LogP contribution in [0.25, 0.3) is 0 Å². The van der Waals surface area contributed by atoms with Gasteiger partial charge in [-0.25, -0.2) is 0 Å². The topological polar surface area (TPSA) is 58.9 Å². The molecule has 2 N–H and O–H groups in total. The number of alkyl halides is 1. The second kappa shape index (κ2) is 8.25. The predicted octanol–water partition coefficient (Wildman–Crippen LogP) is 2.65. The van der Waals surface area contributed by atoms with Crippen LogP contribution >= 0.6 is 31.9 Å². The summed E-state index contributed by atoms with van der Waals surface area (Å²) in [6.45, 7) is 2.06. The number of hydrogen-bond donors (Lipinski definition) is 2. The molecule has 0 saturated carbocycles. The fourth-order valence-electron chi connectivity index (χ4n) is 2.95. The molecule has 6 heteroatoms. The highest BCUT2D eigenvalue weighted by Gasteiger charge is 2.41. The van der Waals surface area contributed by atoms with Crippen LogP contribution in [0, 0.1) is 0 Å². The van der Waals surface area contributed by atoms with E-state index in [9.17, 15) is 10.2 Å². The number of aliphatic hydroxyl groups is 2. The lowest BCUT2D eigenvalue weighted by molar-refractivity contribution is -0.0673. The SMILES string of the molecule is CC[C@H]1O[C@@H]2CC(C=C=CBr)O[C@@H]2C[C@@H](O)[C@H](O)C[C@@H]1Br. The average Bonchev–Trinajstić information content (AvgIpc) is 2.84. The molecule has 0 aromatic carbocycles. The molecule has 2 heterocycles. The summed E-state index contributed by atoms with van der Waals surface area (Å²) in [6, 6.07) is 0. The van der Waals surface area contributed by atoms with Crippen molar-refractivity contribution in [2.75, 3.05) is 0 Å². The third kappa shape index (κ3) is 4.64. The van der Waals surface area contributed by atoms with E-state index in [0.717, 1.165) is 12.8 Å². The van der Waals surface area contributed by atoms with Crippen LogP contribution in [0.4, 0.5) is 0 Å². The summed E-state index contributed by atoms with van der Waals surface area (Å²) in [5.74, 6) is 0. The minimum atomic E-state index is -0.786. The molecular weight excluding hydrogens is 404 g/mol. The molecule has 0 aliphatic carbocycles. The maximum absolute atomic E-state index is 10.1. The molecule has 0 bridgehead atoms. The lowest BCUT2D eigenvalue weighted by Gasteiger charge is -2.26. The van der Waals surface area contributed by atoms with Gasteiger partial charge in [0.05, 0.1) is 36.6 Å². The van der Waals surface area contributed by atoms with Gasteiger partial charge in [0.15, 0.2) is 0 Å². The predicted molar refractivity (Wildman–Crippen MR) is 87.8 cm³/mol. The molecular formula is C15H22Br2O4. The second-order valence-electron chi connectivity index (χ2n) is 5.63. The van der Waals surface area contributed by atoms with Crippen LogP contribution in [0.15, 0.2) is 16.8 Å². The molecule has 2 aliphatic rings. The smallest absolute Gasteiger partial charge is 0.0871 e. The van der Waals surface area contributed by atoms with Gasteiger partial charge in [-0.2, -0.15) is 0 Å². The number of aliphatic hydroxyl groups excluding tert-OH is 2. The number of hydrogen-bond acceptors (Lipinski definition) is 4. The zero-order valence-electron chi connectivity index (χ0n) is 12.0. The second-order valence-corrected chi connectivity index (χ2v) is 7.27. The van der Waals surface area contributed by atoms with Crippen LogP contribution in [0.2, 0.25) is 0 Å². The highest BCUT2D eigenvalue weighted by Crippen LogP contribution is 2.33. The molecule has 21 heavy (non-hydrogen) atoms. The molecule has 0 amide bonds. The maximum Gasteiger partial charge on any atom is 0.0871 e. The Morgan fingerprint density at radius 1 is 1.14 bits per heavy atom. The van der Waals surface area contributed by atoms with Crippen molar-refractivity contribution >= 4 is 31.9 Å². The van der Waals surface area contributed by atoms with Crippen molar-refractivity contribution in [3.63, 3.8) is 0 Å². The molecule has 2 saturated heterocycles. The fraction of sp³-hybridized carbons (Fsp3) is 0.800. The maximum atomic E-state index is 10.1. The average molecular weight is 426 g/mol. The summed E-state index contributed by atoms with van der Waals surface area (Å²) < 4.78 is 12.1. The van der Waals surface area contributed by atoms with Gasteiger partial charge in [0.1, 0.15) is 0 Å². The minimum absolute atomic E-state index is 0.00972. The number of ether oxygens (including phenoxy) is 2. The quantitative estimate of drug-likeness (QED) is 0.527. The van der Waals surface area contributed by atoms with Gasteiger partial charge in [-0.05, 0) is 18.9 Å². The van der Waals surface area contributed by atoms with Gasteiger partial charge in [0, 0.05) is 22.7 Å². The molecule has 0 spiro atoms. The zero-order chi connectivity index (χ0) is 15.4. The Kier molecular flexibility index (Phi) is 6.94. The molecule has 120 valence electrons. The first-order chi connectivity index (χ1) is 10.0. The van der Waals surface area contributed by atoms with Crippen molar-refractivity contribution < 1.29 is 19.7 Å². The molecule has 0 aromatic heterocycles. The van der Waals surface area contributed by atoms with Gasteiger partial charge in [0.2, 0.25) is 0 Å². The van der Waals surface area contributed by atoms with Crippen LogP contribution in [0.5, 0.6) is 0 Å². The van der Waals surface area contributed by atoms with Crippen LogP contribution in [-0.2, 0) is 9.47 Å². The Hall–Kier alpha value is 0.320. The first-order valence-electron chi connectivity index (χ1n) is 7.37. The molecule has 7 atom stereocenters. The first-order valence-corrected chi connectivity index (χ1v) is 9.20. The lowest BCUT2D eigenvalue weighted by atomic mass is 10.00. The van der Waals surface area contributed by atoms with Gasteiger partial charge in [-0.1, -0.05) is 38.8 Å². The van der Waals surface area contributed by atoms with Gasteiger partial charge >= 0.3 is 0 Å². The molecule has 4 nitrogen and oxygen atoms in total. The highest BCUT2D eigenvalue weighted by atomic mass is 79.9. The summed E-state index contributed by atoms with van der Waals surface area (Å²) in [7, 11) is 0. The summed E-state index contributed by atoms with van der Waals surface area (Å²) in [4.78, 5) is 1.69. The Morgan fingerprint density at radius 2 is 1.81 bits per heavy atom. The van der Waals surface area contributed by atoms with Crippen molar-refractivity contribution in [3.05, 3.63) is 16.8 Å². The first kappa shape index (κ1) is 17.7. The zero-order valence-corrected chi connectivity index (χ0v) is 15.2. The van der Waals surface area contributed by atoms with E-state index in [1.807, 2.05) is 6.08 Å². The Morgan fingerprint density at radius 3 is 2.48 bits per heavy atom. The van der Waals surface area contributed by atoms with Crippen molar-refractivity contribution in [1.29, 1.82) is 0 Å². The van der Waals surface area contributed by atoms with Crippen LogP contribution in [-0.4, -0.2) is 51.7 Å². The van der Waals surface area contributed by atoms with E-state index in [2.05, 4.69) is 44.5 Å². The van der Waals surface area contributed by atoms with Crippen molar-refractivity contribution in [2.24, 2.45) is 0 Å². The van der Waals surface area contributed by atoms with Gasteiger partial charge in [0.25, 0.3) is 0 Å². The number of fused-ring (bicyclic) bond motifs is 1. The third-order valence-corrected chi connectivity index (χ3v) is 5.34. The standard InChI is InChI=1S/C15H22Br2O4/c1-2-13-10(17)7-11(18)12(19)8-15-14(21-13)6-9(20-15)4-3-5-16/h4-5,9-15,18-19H,2,6-8H2,1H3/t3?,9?,10-,11+,12+,13+,14+,15+/m0/s1. The fourth-order valence-corrected chi connectivity index (χ4v) is 3.98. The van der Waals surface area contributed by atoms with Gasteiger partial charge in [-0.3, -0.25) is 0 Å². The third-order valence-electron chi connectivity index (χ3n) is 4.11. The van der Waals surface area contributed by atoms with E-state index in [1.54, 1.807) is 4.99 Å². The van der Waals surface area contributed by atoms with Crippen LogP contribution < -0.4 is 0 Å². The van der Waals surface area contributed by atoms with E-state index in [-0.39, 0.29) is 29.2 Å². The normalized spacial score (nSPS) is 44.0. The molecule has 2 aliphatic heterocycles. The Labute approximate surface area is 142 Å². The highest BCUT2D eigenvalue weighted by molar-refractivity contribution is 9.11. The summed E-state index contributed by atoms with van der Waals surface area (Å²) in [5.41, 5.74) is 2.96. The monoisotopic (exact) mass is 424 g/mol. The Balaban J connectivity index is 2.14. The van der Waals surface area contributed by atoms with E-state index in [4.69, 9.17) is 9.47 Å². The van der Waals surface area contributed by atoms with E-state index in [1.165, 1.54) is 0 Å². The number of rotatable bonds is 2. The van der Waals surface area contributed by atoms with E-state index in [0.29, 0.717) is 12.8 Å². The lowest BCUT2D eigenvalue weighted by Crippen LogP contribution is -2.33. The van der Waals surface area contributed by atoms with Crippen molar-refractivity contribution in [2.45, 2.75) is 74.1 Å². The van der Waals surface area contributed by atoms with E-state index < -0.39 is 12.2 Å². The largest absolute Gasteiger partial charge is 0.390 e. The molecule has 0 radical (unpaired) electrons. The summed E-state index contributed by atoms with van der Waals surface area (Å²) in [5, 5.41) is 20.2. The summed E-state index contributed by atoms with van der Waals surface area (Å²) in [6.07, 6.45) is 2.47. The molecule has 2 fully saturated rings. The van der Waals surface area contributed by atoms with E-state index >= 15 is 0 Å². The molecule has 0 aromatic rings. The van der Waals surface area contributed by atoms with Crippen molar-refractivity contribution in [1.82, 2.24) is 0 Å². The van der Waals surface area contributed by atoms with Crippen LogP contribution in [0.1, 0.15) is 32.6 Å². The minimum Gasteiger partial charge on any atom is -0.390 e. The molecule has 2 rings (SSSR count). The Bertz CT molecular complexity index is 397. The van der Waals surface area contributed by atoms with Gasteiger partial charge in [-0.15, -0.1) is 5.73 Å². The number of halogens is 2.